The van der Waals surface area contributed by atoms with Crippen LogP contribution in [0.4, 0.5) is 11.4 Å². The first-order chi connectivity index (χ1) is 12.3. The van der Waals surface area contributed by atoms with Gasteiger partial charge in [-0.1, -0.05) is 0 Å². The minimum Gasteiger partial charge on any atom is -0.382 e. The normalized spacial score (nSPS) is 15.6. The lowest BCUT2D eigenvalue weighted by atomic mass is 10.2. The van der Waals surface area contributed by atoms with Crippen molar-refractivity contribution in [1.29, 1.82) is 10.7 Å². The van der Waals surface area contributed by atoms with Crippen LogP contribution in [0.2, 0.25) is 0 Å². The van der Waals surface area contributed by atoms with Gasteiger partial charge in [0.1, 0.15) is 6.07 Å². The number of amidine groups is 1. The highest BCUT2D eigenvalue weighted by molar-refractivity contribution is 7.92. The van der Waals surface area contributed by atoms with Crippen molar-refractivity contribution in [3.63, 3.8) is 0 Å². The molecule has 0 atom stereocenters. The maximum Gasteiger partial charge on any atom is 0.201 e. The van der Waals surface area contributed by atoms with E-state index in [9.17, 15) is 8.42 Å². The largest absolute Gasteiger partial charge is 0.382 e. The van der Waals surface area contributed by atoms with Crippen LogP contribution in [0.5, 0.6) is 0 Å². The van der Waals surface area contributed by atoms with E-state index in [1.807, 2.05) is 0 Å². The summed E-state index contributed by atoms with van der Waals surface area (Å²) >= 11 is 0. The molecule has 0 aromatic heterocycles. The van der Waals surface area contributed by atoms with Gasteiger partial charge in [-0.3, -0.25) is 10.8 Å². The molecule has 9 nitrogen and oxygen atoms in total. The van der Waals surface area contributed by atoms with Crippen LogP contribution in [0.25, 0.3) is 0 Å². The van der Waals surface area contributed by atoms with Crippen LogP contribution < -0.4 is 16.1 Å². The number of nitrogens with two attached hydrogens (primary N) is 1. The summed E-state index contributed by atoms with van der Waals surface area (Å²) in [5, 5.41) is 19.4. The number of anilines is 2. The second kappa shape index (κ2) is 8.16. The summed E-state index contributed by atoms with van der Waals surface area (Å²) in [6.45, 7) is 5.75. The zero-order valence-electron chi connectivity index (χ0n) is 14.7. The Morgan fingerprint density at radius 2 is 2.08 bits per heavy atom. The molecule has 0 aliphatic carbocycles. The summed E-state index contributed by atoms with van der Waals surface area (Å²) in [7, 11) is -3.57. The van der Waals surface area contributed by atoms with E-state index in [0.29, 0.717) is 26.3 Å². The molecule has 1 aliphatic heterocycles. The first kappa shape index (κ1) is 19.7. The molecule has 0 radical (unpaired) electrons. The molecule has 1 aromatic carbocycles. The van der Waals surface area contributed by atoms with Crippen LogP contribution in [-0.4, -0.2) is 51.5 Å². The van der Waals surface area contributed by atoms with Crippen molar-refractivity contribution in [2.75, 3.05) is 36.6 Å². The number of nitrogens with zero attached hydrogens (tertiary/aromatic N) is 3. The van der Waals surface area contributed by atoms with Crippen molar-refractivity contribution in [2.45, 2.75) is 24.0 Å². The molecular formula is C16H22N6O3S. The van der Waals surface area contributed by atoms with Gasteiger partial charge in [0.25, 0.3) is 0 Å². The molecule has 1 heterocycles. The fourth-order valence-electron chi connectivity index (χ4n) is 2.39. The standard InChI is InChI=1S/C16H22N6O3S/c1-11(2)26(23,24)15-4-3-12(22-5-7-25-8-6-22)9-13(15)20-21-14(10-17)16(18)19/h3-4,9,11,20H,5-8H2,1-2H3,(H3,18,19)/b21-14+. The molecule has 1 aromatic rings. The third kappa shape index (κ3) is 4.30. The predicted octanol–water partition coefficient (Wildman–Crippen LogP) is 0.933. The van der Waals surface area contributed by atoms with Crippen molar-refractivity contribution in [3.05, 3.63) is 18.2 Å². The molecule has 0 amide bonds. The van der Waals surface area contributed by atoms with Gasteiger partial charge in [0.05, 0.1) is 29.0 Å². The number of ether oxygens (including phenoxy) is 1. The van der Waals surface area contributed by atoms with E-state index in [-0.39, 0.29) is 16.3 Å². The van der Waals surface area contributed by atoms with Crippen LogP contribution >= 0.6 is 0 Å². The third-order valence-corrected chi connectivity index (χ3v) is 6.13. The van der Waals surface area contributed by atoms with Gasteiger partial charge in [-0.25, -0.2) is 8.42 Å². The van der Waals surface area contributed by atoms with E-state index in [2.05, 4.69) is 15.4 Å². The van der Waals surface area contributed by atoms with Crippen LogP contribution in [0.3, 0.4) is 0 Å². The summed E-state index contributed by atoms with van der Waals surface area (Å²) in [6, 6.07) is 6.63. The smallest absolute Gasteiger partial charge is 0.201 e. The van der Waals surface area contributed by atoms with Gasteiger partial charge < -0.3 is 15.4 Å². The number of sulfone groups is 1. The Labute approximate surface area is 152 Å². The molecule has 0 bridgehead atoms. The van der Waals surface area contributed by atoms with Gasteiger partial charge in [0.2, 0.25) is 5.71 Å². The molecular weight excluding hydrogens is 356 g/mol. The Balaban J connectivity index is 2.48. The van der Waals surface area contributed by atoms with E-state index >= 15 is 0 Å². The Morgan fingerprint density at radius 3 is 2.62 bits per heavy atom. The molecule has 0 unspecified atom stereocenters. The maximum atomic E-state index is 12.6. The highest BCUT2D eigenvalue weighted by atomic mass is 32.2. The molecule has 26 heavy (non-hydrogen) atoms. The number of morpholine rings is 1. The van der Waals surface area contributed by atoms with E-state index in [1.54, 1.807) is 32.0 Å². The number of nitrogens with one attached hydrogen (secondary N) is 2. The number of nitriles is 1. The van der Waals surface area contributed by atoms with E-state index in [1.165, 1.54) is 6.07 Å². The highest BCUT2D eigenvalue weighted by Crippen LogP contribution is 2.30. The topological polar surface area (TPSA) is 145 Å². The Kier molecular flexibility index (Phi) is 6.18. The molecule has 140 valence electrons. The van der Waals surface area contributed by atoms with E-state index < -0.39 is 20.9 Å². The van der Waals surface area contributed by atoms with Gasteiger partial charge in [0.15, 0.2) is 15.7 Å². The number of hydrogen-bond donors (Lipinski definition) is 3. The Hall–Kier alpha value is -2.64. The quantitative estimate of drug-likeness (QED) is 0.379. The van der Waals surface area contributed by atoms with Crippen molar-refractivity contribution in [2.24, 2.45) is 10.8 Å². The fourth-order valence-corrected chi connectivity index (χ4v) is 3.56. The second-order valence-corrected chi connectivity index (χ2v) is 8.44. The maximum absolute atomic E-state index is 12.6. The molecule has 2 rings (SSSR count). The van der Waals surface area contributed by atoms with Crippen LogP contribution in [-0.2, 0) is 14.6 Å². The van der Waals surface area contributed by atoms with Crippen molar-refractivity contribution in [1.82, 2.24) is 0 Å². The van der Waals surface area contributed by atoms with Crippen molar-refractivity contribution in [3.8, 4) is 6.07 Å². The van der Waals surface area contributed by atoms with E-state index in [0.717, 1.165) is 5.69 Å². The van der Waals surface area contributed by atoms with Gasteiger partial charge in [-0.2, -0.15) is 10.4 Å². The molecule has 0 saturated carbocycles. The first-order valence-electron chi connectivity index (χ1n) is 8.06. The van der Waals surface area contributed by atoms with Gasteiger partial charge >= 0.3 is 0 Å². The summed E-state index contributed by atoms with van der Waals surface area (Å²) < 4.78 is 30.6. The number of hydrazone groups is 1. The summed E-state index contributed by atoms with van der Waals surface area (Å²) in [5.41, 5.74) is 8.60. The SMILES string of the molecule is CC(C)S(=O)(=O)c1ccc(N2CCOCC2)cc1N/N=C(\C#N)C(=N)N. The average molecular weight is 378 g/mol. The van der Waals surface area contributed by atoms with Crippen LogP contribution in [0.15, 0.2) is 28.2 Å². The summed E-state index contributed by atoms with van der Waals surface area (Å²) in [4.78, 5) is 2.15. The Morgan fingerprint density at radius 1 is 1.42 bits per heavy atom. The number of rotatable bonds is 6. The van der Waals surface area contributed by atoms with Gasteiger partial charge in [0, 0.05) is 18.8 Å². The monoisotopic (exact) mass is 378 g/mol. The zero-order valence-corrected chi connectivity index (χ0v) is 15.5. The summed E-state index contributed by atoms with van der Waals surface area (Å²) in [5.74, 6) is -0.502. The summed E-state index contributed by atoms with van der Waals surface area (Å²) in [6.07, 6.45) is 0. The van der Waals surface area contributed by atoms with Crippen molar-refractivity contribution < 1.29 is 13.2 Å². The highest BCUT2D eigenvalue weighted by Gasteiger charge is 2.24. The minimum atomic E-state index is -3.57. The Bertz CT molecular complexity index is 851. The second-order valence-electron chi connectivity index (χ2n) is 5.97. The lowest BCUT2D eigenvalue weighted by Crippen LogP contribution is -2.36. The molecule has 4 N–H and O–H groups in total. The molecule has 1 fully saturated rings. The average Bonchev–Trinajstić information content (AvgIpc) is 2.62. The lowest BCUT2D eigenvalue weighted by molar-refractivity contribution is 0.122. The van der Waals surface area contributed by atoms with E-state index in [4.69, 9.17) is 21.1 Å². The predicted molar refractivity (Wildman–Crippen MR) is 100 cm³/mol. The lowest BCUT2D eigenvalue weighted by Gasteiger charge is -2.29. The van der Waals surface area contributed by atoms with Crippen LogP contribution in [0, 0.1) is 16.7 Å². The number of hydrogen-bond acceptors (Lipinski definition) is 8. The molecule has 0 spiro atoms. The van der Waals surface area contributed by atoms with Crippen molar-refractivity contribution >= 4 is 32.8 Å². The first-order valence-corrected chi connectivity index (χ1v) is 9.61. The van der Waals surface area contributed by atoms with Gasteiger partial charge in [-0.05, 0) is 32.0 Å². The molecule has 1 saturated heterocycles. The number of benzene rings is 1. The third-order valence-electron chi connectivity index (χ3n) is 3.92. The van der Waals surface area contributed by atoms with Gasteiger partial charge in [-0.15, -0.1) is 0 Å². The fraction of sp³-hybridized carbons (Fsp3) is 0.438. The minimum absolute atomic E-state index is 0.0779. The molecule has 1 aliphatic rings. The van der Waals surface area contributed by atoms with Crippen LogP contribution in [0.1, 0.15) is 13.8 Å². The zero-order chi connectivity index (χ0) is 19.3. The molecule has 10 heteroatoms.